The Bertz CT molecular complexity index is 350. The standard InChI is InChI=1S/C12H22BrN3S/c1-8(2)6-17-7-11(14)12-10(13)5-15-16(12)9(3)4/h5,8-9,11H,6-7,14H2,1-4H3. The maximum atomic E-state index is 6.25. The van der Waals surface area contributed by atoms with Crippen molar-refractivity contribution in [1.82, 2.24) is 9.78 Å². The fourth-order valence-corrected chi connectivity index (χ4v) is 3.21. The summed E-state index contributed by atoms with van der Waals surface area (Å²) in [5.74, 6) is 2.81. The Balaban J connectivity index is 2.67. The van der Waals surface area contributed by atoms with Gasteiger partial charge in [0.05, 0.1) is 22.4 Å². The van der Waals surface area contributed by atoms with Crippen LogP contribution in [0, 0.1) is 5.92 Å². The van der Waals surface area contributed by atoms with Crippen LogP contribution in [-0.4, -0.2) is 21.3 Å². The smallest absolute Gasteiger partial charge is 0.0704 e. The Kier molecular flexibility index (Phi) is 6.03. The SMILES string of the molecule is CC(C)CSCC(N)c1c(Br)cnn1C(C)C. The molecule has 5 heteroatoms. The molecular formula is C12H22BrN3S. The van der Waals surface area contributed by atoms with E-state index in [9.17, 15) is 0 Å². The van der Waals surface area contributed by atoms with Crippen molar-refractivity contribution >= 4 is 27.7 Å². The highest BCUT2D eigenvalue weighted by Crippen LogP contribution is 2.27. The molecule has 0 spiro atoms. The zero-order valence-electron chi connectivity index (χ0n) is 11.0. The molecule has 3 nitrogen and oxygen atoms in total. The van der Waals surface area contributed by atoms with Crippen molar-refractivity contribution in [3.8, 4) is 0 Å². The Morgan fingerprint density at radius 3 is 2.53 bits per heavy atom. The summed E-state index contributed by atoms with van der Waals surface area (Å²) in [6.45, 7) is 8.70. The normalized spacial score (nSPS) is 13.6. The number of hydrogen-bond acceptors (Lipinski definition) is 3. The number of nitrogens with two attached hydrogens (primary N) is 1. The van der Waals surface area contributed by atoms with Crippen molar-refractivity contribution in [3.05, 3.63) is 16.4 Å². The van der Waals surface area contributed by atoms with Crippen molar-refractivity contribution < 1.29 is 0 Å². The fraction of sp³-hybridized carbons (Fsp3) is 0.750. The third-order valence-electron chi connectivity index (χ3n) is 2.38. The van der Waals surface area contributed by atoms with E-state index in [-0.39, 0.29) is 6.04 Å². The molecule has 0 amide bonds. The van der Waals surface area contributed by atoms with Crippen molar-refractivity contribution in [3.63, 3.8) is 0 Å². The van der Waals surface area contributed by atoms with E-state index in [1.54, 1.807) is 0 Å². The van der Waals surface area contributed by atoms with Gasteiger partial charge in [-0.25, -0.2) is 0 Å². The molecule has 17 heavy (non-hydrogen) atoms. The number of halogens is 1. The summed E-state index contributed by atoms with van der Waals surface area (Å²) in [6.07, 6.45) is 1.84. The summed E-state index contributed by atoms with van der Waals surface area (Å²) < 4.78 is 3.02. The van der Waals surface area contributed by atoms with Crippen molar-refractivity contribution in [1.29, 1.82) is 0 Å². The van der Waals surface area contributed by atoms with Gasteiger partial charge in [-0.05, 0) is 41.4 Å². The molecule has 0 saturated heterocycles. The molecule has 1 atom stereocenters. The molecule has 1 heterocycles. The highest BCUT2D eigenvalue weighted by Gasteiger charge is 2.18. The van der Waals surface area contributed by atoms with Crippen molar-refractivity contribution in [2.24, 2.45) is 11.7 Å². The minimum absolute atomic E-state index is 0.0398. The molecule has 0 fully saturated rings. The molecule has 1 unspecified atom stereocenters. The van der Waals surface area contributed by atoms with E-state index in [0.717, 1.165) is 21.7 Å². The summed E-state index contributed by atoms with van der Waals surface area (Å²) in [6, 6.07) is 0.385. The Labute approximate surface area is 117 Å². The van der Waals surface area contributed by atoms with Gasteiger partial charge in [0.15, 0.2) is 0 Å². The number of rotatable bonds is 6. The maximum Gasteiger partial charge on any atom is 0.0704 e. The number of thioether (sulfide) groups is 1. The summed E-state index contributed by atoms with van der Waals surface area (Å²) in [4.78, 5) is 0. The van der Waals surface area contributed by atoms with Gasteiger partial charge >= 0.3 is 0 Å². The van der Waals surface area contributed by atoms with Gasteiger partial charge in [-0.3, -0.25) is 4.68 Å². The molecule has 1 aromatic rings. The third kappa shape index (κ3) is 4.30. The summed E-state index contributed by atoms with van der Waals surface area (Å²) in [7, 11) is 0. The second kappa shape index (κ2) is 6.81. The van der Waals surface area contributed by atoms with Gasteiger partial charge in [-0.15, -0.1) is 0 Å². The van der Waals surface area contributed by atoms with E-state index < -0.39 is 0 Å². The van der Waals surface area contributed by atoms with Crippen LogP contribution >= 0.6 is 27.7 Å². The van der Waals surface area contributed by atoms with Crippen LogP contribution in [0.25, 0.3) is 0 Å². The molecule has 0 saturated carbocycles. The van der Waals surface area contributed by atoms with Crippen LogP contribution in [0.3, 0.4) is 0 Å². The molecule has 1 rings (SSSR count). The first-order chi connectivity index (χ1) is 7.93. The van der Waals surface area contributed by atoms with Crippen LogP contribution < -0.4 is 5.73 Å². The lowest BCUT2D eigenvalue weighted by molar-refractivity contribution is 0.494. The maximum absolute atomic E-state index is 6.25. The van der Waals surface area contributed by atoms with E-state index in [4.69, 9.17) is 5.73 Å². The van der Waals surface area contributed by atoms with E-state index in [2.05, 4.69) is 48.7 Å². The average molecular weight is 320 g/mol. The minimum atomic E-state index is 0.0398. The van der Waals surface area contributed by atoms with E-state index >= 15 is 0 Å². The minimum Gasteiger partial charge on any atom is -0.322 e. The van der Waals surface area contributed by atoms with Gasteiger partial charge in [0.1, 0.15) is 0 Å². The first-order valence-electron chi connectivity index (χ1n) is 5.99. The van der Waals surface area contributed by atoms with Gasteiger partial charge in [0.25, 0.3) is 0 Å². The Hall–Kier alpha value is 0. The monoisotopic (exact) mass is 319 g/mol. The number of hydrogen-bond donors (Lipinski definition) is 1. The van der Waals surface area contributed by atoms with Crippen molar-refractivity contribution in [2.45, 2.75) is 39.8 Å². The number of aromatic nitrogens is 2. The van der Waals surface area contributed by atoms with Gasteiger partial charge in [-0.1, -0.05) is 13.8 Å². The number of nitrogens with zero attached hydrogens (tertiary/aromatic N) is 2. The highest BCUT2D eigenvalue weighted by molar-refractivity contribution is 9.10. The molecule has 0 aliphatic heterocycles. The summed E-state index contributed by atoms with van der Waals surface area (Å²) in [5.41, 5.74) is 7.36. The second-order valence-electron chi connectivity index (χ2n) is 4.95. The van der Waals surface area contributed by atoms with Gasteiger partial charge in [0.2, 0.25) is 0 Å². The second-order valence-corrected chi connectivity index (χ2v) is 6.88. The lowest BCUT2D eigenvalue weighted by Gasteiger charge is -2.17. The van der Waals surface area contributed by atoms with E-state index in [1.807, 2.05) is 22.6 Å². The van der Waals surface area contributed by atoms with E-state index in [1.165, 1.54) is 0 Å². The molecule has 0 aliphatic rings. The Morgan fingerprint density at radius 2 is 2.00 bits per heavy atom. The third-order valence-corrected chi connectivity index (χ3v) is 4.48. The molecule has 0 bridgehead atoms. The quantitative estimate of drug-likeness (QED) is 0.871. The zero-order valence-corrected chi connectivity index (χ0v) is 13.4. The van der Waals surface area contributed by atoms with E-state index in [0.29, 0.717) is 12.0 Å². The highest BCUT2D eigenvalue weighted by atomic mass is 79.9. The van der Waals surface area contributed by atoms with Crippen LogP contribution in [0.2, 0.25) is 0 Å². The van der Waals surface area contributed by atoms with Crippen LogP contribution in [0.5, 0.6) is 0 Å². The van der Waals surface area contributed by atoms with Crippen molar-refractivity contribution in [2.75, 3.05) is 11.5 Å². The van der Waals surface area contributed by atoms with Gasteiger partial charge in [0, 0.05) is 11.8 Å². The molecule has 0 aliphatic carbocycles. The predicted molar refractivity (Wildman–Crippen MR) is 79.4 cm³/mol. The predicted octanol–water partition coefficient (Wildman–Crippen LogP) is 3.62. The molecular weight excluding hydrogens is 298 g/mol. The molecule has 2 N–H and O–H groups in total. The molecule has 98 valence electrons. The van der Waals surface area contributed by atoms with Gasteiger partial charge in [-0.2, -0.15) is 16.9 Å². The lowest BCUT2D eigenvalue weighted by atomic mass is 10.2. The van der Waals surface area contributed by atoms with Crippen LogP contribution in [-0.2, 0) is 0 Å². The Morgan fingerprint density at radius 1 is 1.35 bits per heavy atom. The first kappa shape index (κ1) is 15.1. The largest absolute Gasteiger partial charge is 0.322 e. The summed E-state index contributed by atoms with van der Waals surface area (Å²) >= 11 is 5.44. The lowest BCUT2D eigenvalue weighted by Crippen LogP contribution is -2.20. The van der Waals surface area contributed by atoms with Gasteiger partial charge < -0.3 is 5.73 Å². The fourth-order valence-electron chi connectivity index (χ4n) is 1.62. The van der Waals surface area contributed by atoms with Crippen LogP contribution in [0.15, 0.2) is 10.7 Å². The molecule has 1 aromatic heterocycles. The molecule has 0 radical (unpaired) electrons. The van der Waals surface area contributed by atoms with Crippen LogP contribution in [0.1, 0.15) is 45.5 Å². The van der Waals surface area contributed by atoms with Crippen LogP contribution in [0.4, 0.5) is 0 Å². The zero-order chi connectivity index (χ0) is 13.0. The average Bonchev–Trinajstić information content (AvgIpc) is 2.59. The topological polar surface area (TPSA) is 43.8 Å². The first-order valence-corrected chi connectivity index (χ1v) is 7.94. The molecule has 0 aromatic carbocycles. The summed E-state index contributed by atoms with van der Waals surface area (Å²) in [5, 5.41) is 4.36.